The predicted octanol–water partition coefficient (Wildman–Crippen LogP) is 3.22. The number of likely N-dealkylation sites (tertiary alicyclic amines) is 1. The highest BCUT2D eigenvalue weighted by atomic mass is 19.4. The fourth-order valence-corrected chi connectivity index (χ4v) is 2.87. The fraction of sp³-hybridized carbons (Fsp3) is 0.588. The topological polar surface area (TPSA) is 52.6 Å². The maximum Gasteiger partial charge on any atom is 0.416 e. The van der Waals surface area contributed by atoms with E-state index >= 15 is 0 Å². The zero-order chi connectivity index (χ0) is 17.7. The Hall–Kier alpha value is -1.76. The van der Waals surface area contributed by atoms with Gasteiger partial charge in [-0.05, 0) is 42.4 Å². The number of hydrogen-bond acceptors (Lipinski definition) is 2. The highest BCUT2D eigenvalue weighted by Crippen LogP contribution is 2.30. The van der Waals surface area contributed by atoms with Gasteiger partial charge in [0.05, 0.1) is 5.56 Å². The van der Waals surface area contributed by atoms with E-state index in [0.29, 0.717) is 19.6 Å². The average molecular weight is 344 g/mol. The van der Waals surface area contributed by atoms with Gasteiger partial charge in [-0.3, -0.25) is 0 Å². The van der Waals surface area contributed by atoms with Crippen molar-refractivity contribution in [2.45, 2.75) is 31.9 Å². The Morgan fingerprint density at radius 1 is 1.38 bits per heavy atom. The lowest BCUT2D eigenvalue weighted by Gasteiger charge is -2.32. The molecular formula is C17H23F3N2O2. The lowest BCUT2D eigenvalue weighted by atomic mass is 9.99. The molecule has 0 unspecified atom stereocenters. The summed E-state index contributed by atoms with van der Waals surface area (Å²) in [7, 11) is 0. The fourth-order valence-electron chi connectivity index (χ4n) is 2.87. The Kier molecular flexibility index (Phi) is 6.10. The number of amides is 2. The number of benzene rings is 1. The van der Waals surface area contributed by atoms with Crippen molar-refractivity contribution >= 4 is 6.03 Å². The van der Waals surface area contributed by atoms with Crippen molar-refractivity contribution in [3.63, 3.8) is 0 Å². The first-order valence-corrected chi connectivity index (χ1v) is 8.12. The minimum Gasteiger partial charge on any atom is -0.396 e. The van der Waals surface area contributed by atoms with Crippen LogP contribution in [0.1, 0.15) is 36.8 Å². The van der Waals surface area contributed by atoms with Crippen molar-refractivity contribution in [2.24, 2.45) is 5.92 Å². The van der Waals surface area contributed by atoms with E-state index < -0.39 is 11.7 Å². The molecule has 0 saturated carbocycles. The second-order valence-electron chi connectivity index (χ2n) is 6.34. The molecule has 1 aromatic carbocycles. The molecule has 1 aliphatic heterocycles. The van der Waals surface area contributed by atoms with Gasteiger partial charge in [-0.1, -0.05) is 19.1 Å². The van der Waals surface area contributed by atoms with Gasteiger partial charge in [-0.2, -0.15) is 13.2 Å². The zero-order valence-corrected chi connectivity index (χ0v) is 13.6. The minimum absolute atomic E-state index is 0.0751. The number of carbonyl (C=O) groups excluding carboxylic acids is 1. The lowest BCUT2D eigenvalue weighted by molar-refractivity contribution is -0.137. The summed E-state index contributed by atoms with van der Waals surface area (Å²) in [6.07, 6.45) is -2.55. The van der Waals surface area contributed by atoms with Crippen LogP contribution in [-0.4, -0.2) is 42.3 Å². The summed E-state index contributed by atoms with van der Waals surface area (Å²) >= 11 is 0. The molecule has 2 N–H and O–H groups in total. The van der Waals surface area contributed by atoms with Gasteiger partial charge in [-0.15, -0.1) is 0 Å². The number of nitrogens with one attached hydrogen (secondary N) is 1. The number of halogens is 3. The van der Waals surface area contributed by atoms with Crippen LogP contribution < -0.4 is 5.32 Å². The van der Waals surface area contributed by atoms with Crippen LogP contribution in [0, 0.1) is 5.92 Å². The molecule has 1 fully saturated rings. The second kappa shape index (κ2) is 7.88. The molecule has 24 heavy (non-hydrogen) atoms. The first-order valence-electron chi connectivity index (χ1n) is 8.12. The number of urea groups is 1. The van der Waals surface area contributed by atoms with Gasteiger partial charge in [0.15, 0.2) is 0 Å². The molecular weight excluding hydrogens is 321 g/mol. The monoisotopic (exact) mass is 344 g/mol. The number of rotatable bonds is 4. The SMILES string of the molecule is C[C@H](CNC(=O)N1CCC[C@@H](CO)C1)c1ccc(C(F)(F)F)cc1. The number of alkyl halides is 3. The summed E-state index contributed by atoms with van der Waals surface area (Å²) in [4.78, 5) is 13.8. The van der Waals surface area contributed by atoms with Crippen LogP contribution in [0.3, 0.4) is 0 Å². The van der Waals surface area contributed by atoms with Crippen LogP contribution in [0.2, 0.25) is 0 Å². The summed E-state index contributed by atoms with van der Waals surface area (Å²) in [6, 6.07) is 4.82. The summed E-state index contributed by atoms with van der Waals surface area (Å²) in [6.45, 7) is 3.49. The van der Waals surface area contributed by atoms with Crippen LogP contribution in [0.5, 0.6) is 0 Å². The summed E-state index contributed by atoms with van der Waals surface area (Å²) in [5, 5.41) is 12.0. The molecule has 1 saturated heterocycles. The smallest absolute Gasteiger partial charge is 0.396 e. The highest BCUT2D eigenvalue weighted by molar-refractivity contribution is 5.74. The Bertz CT molecular complexity index is 546. The normalized spacial score (nSPS) is 19.9. The quantitative estimate of drug-likeness (QED) is 0.881. The van der Waals surface area contributed by atoms with E-state index in [1.54, 1.807) is 4.90 Å². The van der Waals surface area contributed by atoms with Crippen molar-refractivity contribution in [3.05, 3.63) is 35.4 Å². The molecule has 2 atom stereocenters. The molecule has 2 amide bonds. The Morgan fingerprint density at radius 2 is 2.04 bits per heavy atom. The van der Waals surface area contributed by atoms with Crippen molar-refractivity contribution in [1.82, 2.24) is 10.2 Å². The standard InChI is InChI=1S/C17H23F3N2O2/c1-12(14-4-6-15(7-5-14)17(18,19)20)9-21-16(24)22-8-2-3-13(10-22)11-23/h4-7,12-13,23H,2-3,8-11H2,1H3,(H,21,24)/t12-,13-/m1/s1. The third kappa shape index (κ3) is 4.87. The van der Waals surface area contributed by atoms with E-state index in [4.69, 9.17) is 0 Å². The summed E-state index contributed by atoms with van der Waals surface area (Å²) in [5.41, 5.74) is 0.0704. The minimum atomic E-state index is -4.34. The number of hydrogen-bond donors (Lipinski definition) is 2. The van der Waals surface area contributed by atoms with Crippen LogP contribution in [0.15, 0.2) is 24.3 Å². The first-order chi connectivity index (χ1) is 11.3. The maximum absolute atomic E-state index is 12.6. The number of aliphatic hydroxyl groups is 1. The Balaban J connectivity index is 1.86. The highest BCUT2D eigenvalue weighted by Gasteiger charge is 2.30. The van der Waals surface area contributed by atoms with Gasteiger partial charge < -0.3 is 15.3 Å². The van der Waals surface area contributed by atoms with E-state index in [-0.39, 0.29) is 24.5 Å². The van der Waals surface area contributed by atoms with Crippen molar-refractivity contribution in [1.29, 1.82) is 0 Å². The van der Waals surface area contributed by atoms with E-state index in [0.717, 1.165) is 30.5 Å². The molecule has 0 radical (unpaired) electrons. The van der Waals surface area contributed by atoms with E-state index in [9.17, 15) is 23.1 Å². The number of aliphatic hydroxyl groups excluding tert-OH is 1. The van der Waals surface area contributed by atoms with Crippen molar-refractivity contribution in [3.8, 4) is 0 Å². The third-order valence-electron chi connectivity index (χ3n) is 4.43. The average Bonchev–Trinajstić information content (AvgIpc) is 2.58. The molecule has 1 aliphatic rings. The van der Waals surface area contributed by atoms with E-state index in [1.165, 1.54) is 12.1 Å². The third-order valence-corrected chi connectivity index (χ3v) is 4.43. The lowest BCUT2D eigenvalue weighted by Crippen LogP contribution is -2.46. The molecule has 2 rings (SSSR count). The van der Waals surface area contributed by atoms with Crippen LogP contribution >= 0.6 is 0 Å². The second-order valence-corrected chi connectivity index (χ2v) is 6.34. The molecule has 0 bridgehead atoms. The Morgan fingerprint density at radius 3 is 2.62 bits per heavy atom. The predicted molar refractivity (Wildman–Crippen MR) is 84.6 cm³/mol. The van der Waals surface area contributed by atoms with Crippen molar-refractivity contribution in [2.75, 3.05) is 26.2 Å². The molecule has 0 aliphatic carbocycles. The van der Waals surface area contributed by atoms with Crippen LogP contribution in [0.4, 0.5) is 18.0 Å². The van der Waals surface area contributed by atoms with E-state index in [2.05, 4.69) is 5.32 Å². The number of piperidine rings is 1. The molecule has 0 spiro atoms. The van der Waals surface area contributed by atoms with Crippen LogP contribution in [0.25, 0.3) is 0 Å². The van der Waals surface area contributed by atoms with E-state index in [1.807, 2.05) is 6.92 Å². The van der Waals surface area contributed by atoms with Gasteiger partial charge in [0.2, 0.25) is 0 Å². The molecule has 1 heterocycles. The molecule has 4 nitrogen and oxygen atoms in total. The van der Waals surface area contributed by atoms with Gasteiger partial charge in [0.1, 0.15) is 0 Å². The molecule has 0 aromatic heterocycles. The molecule has 1 aromatic rings. The van der Waals surface area contributed by atoms with Gasteiger partial charge in [0, 0.05) is 26.2 Å². The maximum atomic E-state index is 12.6. The largest absolute Gasteiger partial charge is 0.416 e. The summed E-state index contributed by atoms with van der Waals surface area (Å²) < 4.78 is 37.7. The van der Waals surface area contributed by atoms with Crippen molar-refractivity contribution < 1.29 is 23.1 Å². The Labute approximate surface area is 139 Å². The van der Waals surface area contributed by atoms with Gasteiger partial charge in [0.25, 0.3) is 0 Å². The first kappa shape index (κ1) is 18.6. The molecule has 134 valence electrons. The van der Waals surface area contributed by atoms with Gasteiger partial charge >= 0.3 is 12.2 Å². The van der Waals surface area contributed by atoms with Crippen LogP contribution in [-0.2, 0) is 6.18 Å². The summed E-state index contributed by atoms with van der Waals surface area (Å²) in [5.74, 6) is 0.0338. The van der Waals surface area contributed by atoms with Gasteiger partial charge in [-0.25, -0.2) is 4.79 Å². The number of nitrogens with zero attached hydrogens (tertiary/aromatic N) is 1. The molecule has 7 heteroatoms. The number of carbonyl (C=O) groups is 1. The zero-order valence-electron chi connectivity index (χ0n) is 13.6.